The molecule has 0 saturated carbocycles. The topological polar surface area (TPSA) is 65.3 Å². The van der Waals surface area contributed by atoms with Crippen LogP contribution in [0.25, 0.3) is 0 Å². The highest BCUT2D eigenvalue weighted by Gasteiger charge is 2.42. The van der Waals surface area contributed by atoms with E-state index in [1.165, 1.54) is 11.3 Å². The van der Waals surface area contributed by atoms with Gasteiger partial charge in [-0.25, -0.2) is 4.90 Å². The number of carbonyl (C=O) groups is 2. The molecule has 0 N–H and O–H groups in total. The van der Waals surface area contributed by atoms with Crippen LogP contribution in [-0.4, -0.2) is 35.8 Å². The third-order valence-corrected chi connectivity index (χ3v) is 5.10. The first-order chi connectivity index (χ1) is 13.2. The van der Waals surface area contributed by atoms with E-state index in [1.54, 1.807) is 24.3 Å². The third-order valence-electron chi connectivity index (χ3n) is 5.10. The fourth-order valence-electron chi connectivity index (χ4n) is 3.68. The molecule has 1 atom stereocenters. The van der Waals surface area contributed by atoms with Crippen LogP contribution in [0.15, 0.2) is 64.8 Å². The highest BCUT2D eigenvalue weighted by molar-refractivity contribution is 6.22. The molecule has 2 aliphatic rings. The van der Waals surface area contributed by atoms with Crippen LogP contribution in [-0.2, 0) is 9.59 Å². The van der Waals surface area contributed by atoms with Crippen molar-refractivity contribution in [2.24, 2.45) is 10.2 Å². The van der Waals surface area contributed by atoms with Crippen molar-refractivity contribution in [2.75, 3.05) is 18.0 Å². The summed E-state index contributed by atoms with van der Waals surface area (Å²) in [5, 5.41) is 8.38. The van der Waals surface area contributed by atoms with Gasteiger partial charge in [-0.2, -0.15) is 10.2 Å². The van der Waals surface area contributed by atoms with Gasteiger partial charge in [-0.3, -0.25) is 14.5 Å². The van der Waals surface area contributed by atoms with Crippen molar-refractivity contribution in [2.45, 2.75) is 31.7 Å². The number of azo groups is 1. The predicted octanol–water partition coefficient (Wildman–Crippen LogP) is 4.22. The lowest BCUT2D eigenvalue weighted by molar-refractivity contribution is -0.123. The summed E-state index contributed by atoms with van der Waals surface area (Å²) < 4.78 is 0. The van der Waals surface area contributed by atoms with Crippen molar-refractivity contribution in [3.63, 3.8) is 0 Å². The molecule has 6 nitrogen and oxygen atoms in total. The van der Waals surface area contributed by atoms with E-state index in [0.717, 1.165) is 31.6 Å². The minimum Gasteiger partial charge on any atom is -0.292 e. The van der Waals surface area contributed by atoms with Crippen molar-refractivity contribution in [1.29, 1.82) is 0 Å². The molecule has 0 radical (unpaired) electrons. The number of hydrogen-bond donors (Lipinski definition) is 0. The smallest absolute Gasteiger partial charge is 0.251 e. The zero-order valence-corrected chi connectivity index (χ0v) is 15.1. The number of benzene rings is 2. The first kappa shape index (κ1) is 17.5. The molecule has 27 heavy (non-hydrogen) atoms. The lowest BCUT2D eigenvalue weighted by Gasteiger charge is -2.30. The van der Waals surface area contributed by atoms with E-state index in [4.69, 9.17) is 0 Å². The van der Waals surface area contributed by atoms with Crippen molar-refractivity contribution in [1.82, 2.24) is 4.90 Å². The van der Waals surface area contributed by atoms with Crippen molar-refractivity contribution < 1.29 is 9.59 Å². The van der Waals surface area contributed by atoms with Gasteiger partial charge in [0, 0.05) is 0 Å². The highest BCUT2D eigenvalue weighted by atomic mass is 16.2. The lowest BCUT2D eigenvalue weighted by Crippen LogP contribution is -2.44. The van der Waals surface area contributed by atoms with Crippen LogP contribution in [0.4, 0.5) is 17.1 Å². The second kappa shape index (κ2) is 7.80. The number of imide groups is 1. The number of anilines is 1. The van der Waals surface area contributed by atoms with Crippen LogP contribution in [0.2, 0.25) is 0 Å². The second-order valence-electron chi connectivity index (χ2n) is 6.94. The molecule has 2 fully saturated rings. The van der Waals surface area contributed by atoms with Gasteiger partial charge < -0.3 is 0 Å². The molecule has 2 aliphatic heterocycles. The Labute approximate surface area is 158 Å². The molecular weight excluding hydrogens is 340 g/mol. The molecule has 4 rings (SSSR count). The number of likely N-dealkylation sites (tertiary alicyclic amines) is 1. The fourth-order valence-corrected chi connectivity index (χ4v) is 3.68. The summed E-state index contributed by atoms with van der Waals surface area (Å²) in [6, 6.07) is 16.2. The van der Waals surface area contributed by atoms with E-state index < -0.39 is 0 Å². The summed E-state index contributed by atoms with van der Waals surface area (Å²) in [5.74, 6) is -0.241. The van der Waals surface area contributed by atoms with Gasteiger partial charge in [0.1, 0.15) is 0 Å². The maximum atomic E-state index is 12.8. The maximum absolute atomic E-state index is 12.8. The monoisotopic (exact) mass is 362 g/mol. The maximum Gasteiger partial charge on any atom is 0.251 e. The number of carbonyl (C=O) groups excluding carboxylic acids is 2. The average Bonchev–Trinajstić information content (AvgIpc) is 3.02. The van der Waals surface area contributed by atoms with Gasteiger partial charge in [0.15, 0.2) is 0 Å². The van der Waals surface area contributed by atoms with Gasteiger partial charge in [0.25, 0.3) is 5.91 Å². The van der Waals surface area contributed by atoms with Crippen LogP contribution >= 0.6 is 0 Å². The summed E-state index contributed by atoms with van der Waals surface area (Å²) in [6.45, 7) is 1.80. The number of hydrogen-bond acceptors (Lipinski definition) is 5. The summed E-state index contributed by atoms with van der Waals surface area (Å²) in [5.41, 5.74) is 2.05. The lowest BCUT2D eigenvalue weighted by atomic mass is 10.1. The van der Waals surface area contributed by atoms with E-state index in [9.17, 15) is 9.59 Å². The molecule has 2 aromatic carbocycles. The van der Waals surface area contributed by atoms with E-state index >= 15 is 0 Å². The normalized spacial score (nSPS) is 21.3. The van der Waals surface area contributed by atoms with Gasteiger partial charge >= 0.3 is 0 Å². The van der Waals surface area contributed by atoms with Crippen molar-refractivity contribution in [3.05, 3.63) is 54.6 Å². The Bertz CT molecular complexity index is 842. The van der Waals surface area contributed by atoms with E-state index in [2.05, 4.69) is 15.1 Å². The molecule has 1 unspecified atom stereocenters. The Morgan fingerprint density at radius 2 is 1.41 bits per heavy atom. The number of nitrogens with zero attached hydrogens (tertiary/aromatic N) is 4. The highest BCUT2D eigenvalue weighted by Crippen LogP contribution is 2.29. The number of amides is 2. The molecule has 0 spiro atoms. The van der Waals surface area contributed by atoms with Crippen LogP contribution in [0, 0.1) is 0 Å². The van der Waals surface area contributed by atoms with Crippen LogP contribution in [0.3, 0.4) is 0 Å². The van der Waals surface area contributed by atoms with Crippen molar-refractivity contribution >= 4 is 28.9 Å². The SMILES string of the molecule is O=C1CC(N2CCCCC2)C(=O)N1c1ccc(N=Nc2ccccc2)cc1. The number of rotatable bonds is 4. The minimum absolute atomic E-state index is 0.111. The van der Waals surface area contributed by atoms with Gasteiger partial charge in [0.2, 0.25) is 5.91 Å². The molecule has 2 amide bonds. The predicted molar refractivity (Wildman–Crippen MR) is 103 cm³/mol. The van der Waals surface area contributed by atoms with E-state index in [-0.39, 0.29) is 24.3 Å². The molecule has 2 heterocycles. The van der Waals surface area contributed by atoms with Gasteiger partial charge in [0.05, 0.1) is 29.5 Å². The molecule has 138 valence electrons. The Morgan fingerprint density at radius 1 is 0.778 bits per heavy atom. The first-order valence-electron chi connectivity index (χ1n) is 9.40. The summed E-state index contributed by atoms with van der Waals surface area (Å²) in [4.78, 5) is 28.8. The zero-order valence-electron chi connectivity index (χ0n) is 15.1. The molecular formula is C21H22N4O2. The van der Waals surface area contributed by atoms with Crippen molar-refractivity contribution in [3.8, 4) is 0 Å². The Morgan fingerprint density at radius 3 is 2.07 bits per heavy atom. The Hall–Kier alpha value is -2.86. The van der Waals surface area contributed by atoms with Gasteiger partial charge in [-0.15, -0.1) is 0 Å². The fraction of sp³-hybridized carbons (Fsp3) is 0.333. The third kappa shape index (κ3) is 3.80. The van der Waals surface area contributed by atoms with Gasteiger partial charge in [-0.05, 0) is 62.3 Å². The van der Waals surface area contributed by atoms with Crippen LogP contribution in [0.1, 0.15) is 25.7 Å². The molecule has 2 aromatic rings. The Kier molecular flexibility index (Phi) is 5.07. The summed E-state index contributed by atoms with van der Waals surface area (Å²) in [6.07, 6.45) is 3.67. The minimum atomic E-state index is -0.310. The quantitative estimate of drug-likeness (QED) is 0.604. The summed E-state index contributed by atoms with van der Waals surface area (Å²) in [7, 11) is 0. The van der Waals surface area contributed by atoms with E-state index in [0.29, 0.717) is 11.4 Å². The van der Waals surface area contributed by atoms with E-state index in [1.807, 2.05) is 30.3 Å². The van der Waals surface area contributed by atoms with Gasteiger partial charge in [-0.1, -0.05) is 24.6 Å². The Balaban J connectivity index is 1.47. The molecule has 6 heteroatoms. The van der Waals surface area contributed by atoms with Crippen LogP contribution in [0.5, 0.6) is 0 Å². The standard InChI is InChI=1S/C21H22N4O2/c26-20-15-19(24-13-5-2-6-14-24)21(27)25(20)18-11-9-17(10-12-18)23-22-16-7-3-1-4-8-16/h1,3-4,7-12,19H,2,5-6,13-15H2. The average molecular weight is 362 g/mol. The summed E-state index contributed by atoms with van der Waals surface area (Å²) >= 11 is 0. The first-order valence-corrected chi connectivity index (χ1v) is 9.40. The largest absolute Gasteiger partial charge is 0.292 e. The zero-order chi connectivity index (χ0) is 18.6. The molecule has 0 bridgehead atoms. The molecule has 2 saturated heterocycles. The molecule has 0 aromatic heterocycles. The second-order valence-corrected chi connectivity index (χ2v) is 6.94. The van der Waals surface area contributed by atoms with Crippen LogP contribution < -0.4 is 4.90 Å². The molecule has 0 aliphatic carbocycles. The number of piperidine rings is 1.